The smallest absolute Gasteiger partial charge is 0.165 e. The number of hydrogen-bond donors (Lipinski definition) is 1. The Morgan fingerprint density at radius 1 is 1.10 bits per heavy atom. The molecule has 0 amide bonds. The van der Waals surface area contributed by atoms with Gasteiger partial charge in [-0.3, -0.25) is 0 Å². The molecule has 0 aromatic heterocycles. The Labute approximate surface area is 123 Å². The van der Waals surface area contributed by atoms with Gasteiger partial charge in [0, 0.05) is 0 Å². The maximum atomic E-state index is 13.9. The van der Waals surface area contributed by atoms with E-state index in [1.54, 1.807) is 12.1 Å². The summed E-state index contributed by atoms with van der Waals surface area (Å²) < 4.78 is 32.4. The topological polar surface area (TPSA) is 21.3 Å². The average molecular weight is 291 g/mol. The molecule has 0 spiro atoms. The van der Waals surface area contributed by atoms with Gasteiger partial charge >= 0.3 is 0 Å². The average Bonchev–Trinajstić information content (AvgIpc) is 2.43. The van der Waals surface area contributed by atoms with Crippen molar-refractivity contribution in [2.75, 3.05) is 13.7 Å². The summed E-state index contributed by atoms with van der Waals surface area (Å²) in [4.78, 5) is 0. The van der Waals surface area contributed by atoms with E-state index in [2.05, 4.69) is 5.32 Å². The highest BCUT2D eigenvalue weighted by Gasteiger charge is 2.16. The van der Waals surface area contributed by atoms with Crippen LogP contribution in [0.15, 0.2) is 36.4 Å². The molecule has 2 nitrogen and oxygen atoms in total. The summed E-state index contributed by atoms with van der Waals surface area (Å²) >= 11 is 0. The maximum absolute atomic E-state index is 13.9. The molecule has 112 valence electrons. The molecular weight excluding hydrogens is 272 g/mol. The number of benzene rings is 2. The van der Waals surface area contributed by atoms with Crippen molar-refractivity contribution in [3.8, 4) is 5.75 Å². The zero-order chi connectivity index (χ0) is 15.4. The molecule has 1 unspecified atom stereocenters. The zero-order valence-corrected chi connectivity index (χ0v) is 12.4. The standard InChI is InChI=1S/C17H19F2NO/c1-4-20-17(13-7-11(2)8-14(18)9-13)12-5-6-16(21-3)15(19)10-12/h5-10,17,20H,4H2,1-3H3. The molecule has 2 rings (SSSR count). The minimum absolute atomic E-state index is 0.199. The molecular formula is C17H19F2NO. The number of aryl methyl sites for hydroxylation is 1. The molecule has 0 aliphatic heterocycles. The summed E-state index contributed by atoms with van der Waals surface area (Å²) in [5.41, 5.74) is 2.35. The van der Waals surface area contributed by atoms with E-state index in [9.17, 15) is 8.78 Å². The Kier molecular flexibility index (Phi) is 4.91. The van der Waals surface area contributed by atoms with E-state index in [-0.39, 0.29) is 17.6 Å². The molecule has 0 bridgehead atoms. The first-order valence-electron chi connectivity index (χ1n) is 6.89. The highest BCUT2D eigenvalue weighted by molar-refractivity contribution is 5.38. The molecule has 0 radical (unpaired) electrons. The van der Waals surface area contributed by atoms with Gasteiger partial charge in [0.25, 0.3) is 0 Å². The molecule has 4 heteroatoms. The second-order valence-electron chi connectivity index (χ2n) is 4.95. The third-order valence-electron chi connectivity index (χ3n) is 3.32. The molecule has 0 saturated heterocycles. The fourth-order valence-corrected chi connectivity index (χ4v) is 2.43. The Morgan fingerprint density at radius 2 is 1.86 bits per heavy atom. The van der Waals surface area contributed by atoms with Crippen LogP contribution in [0, 0.1) is 18.6 Å². The fourth-order valence-electron chi connectivity index (χ4n) is 2.43. The third-order valence-corrected chi connectivity index (χ3v) is 3.32. The number of rotatable bonds is 5. The van der Waals surface area contributed by atoms with Gasteiger partial charge in [0.1, 0.15) is 5.82 Å². The van der Waals surface area contributed by atoms with Crippen molar-refractivity contribution in [1.82, 2.24) is 5.32 Å². The lowest BCUT2D eigenvalue weighted by Crippen LogP contribution is -2.22. The molecule has 0 heterocycles. The van der Waals surface area contributed by atoms with Crippen molar-refractivity contribution >= 4 is 0 Å². The number of hydrogen-bond acceptors (Lipinski definition) is 2. The van der Waals surface area contributed by atoms with E-state index in [0.29, 0.717) is 6.54 Å². The van der Waals surface area contributed by atoms with Gasteiger partial charge in [-0.15, -0.1) is 0 Å². The fraction of sp³-hybridized carbons (Fsp3) is 0.294. The Bertz CT molecular complexity index is 608. The molecule has 1 atom stereocenters. The van der Waals surface area contributed by atoms with Gasteiger partial charge in [-0.05, 0) is 54.4 Å². The SMILES string of the molecule is CCNC(c1cc(C)cc(F)c1)c1ccc(OC)c(F)c1. The minimum Gasteiger partial charge on any atom is -0.494 e. The second kappa shape index (κ2) is 6.68. The van der Waals surface area contributed by atoms with E-state index in [1.807, 2.05) is 19.9 Å². The summed E-state index contributed by atoms with van der Waals surface area (Å²) in [6, 6.07) is 9.38. The summed E-state index contributed by atoms with van der Waals surface area (Å²) in [7, 11) is 1.43. The number of methoxy groups -OCH3 is 1. The molecule has 0 saturated carbocycles. The number of ether oxygens (including phenoxy) is 1. The quantitative estimate of drug-likeness (QED) is 0.899. The lowest BCUT2D eigenvalue weighted by molar-refractivity contribution is 0.385. The summed E-state index contributed by atoms with van der Waals surface area (Å²) in [5, 5.41) is 3.26. The largest absolute Gasteiger partial charge is 0.494 e. The molecule has 0 aliphatic rings. The van der Waals surface area contributed by atoms with Crippen LogP contribution < -0.4 is 10.1 Å². The lowest BCUT2D eigenvalue weighted by atomic mass is 9.97. The van der Waals surface area contributed by atoms with Crippen molar-refractivity contribution in [2.45, 2.75) is 19.9 Å². The minimum atomic E-state index is -0.425. The van der Waals surface area contributed by atoms with Crippen molar-refractivity contribution in [2.24, 2.45) is 0 Å². The first-order chi connectivity index (χ1) is 10.0. The van der Waals surface area contributed by atoms with Gasteiger partial charge in [-0.2, -0.15) is 0 Å². The van der Waals surface area contributed by atoms with E-state index >= 15 is 0 Å². The van der Waals surface area contributed by atoms with Gasteiger partial charge in [0.05, 0.1) is 13.2 Å². The lowest BCUT2D eigenvalue weighted by Gasteiger charge is -2.20. The monoisotopic (exact) mass is 291 g/mol. The van der Waals surface area contributed by atoms with Crippen molar-refractivity contribution in [3.63, 3.8) is 0 Å². The molecule has 2 aromatic carbocycles. The van der Waals surface area contributed by atoms with E-state index in [4.69, 9.17) is 4.74 Å². The molecule has 2 aromatic rings. The van der Waals surface area contributed by atoms with Crippen molar-refractivity contribution in [3.05, 3.63) is 64.7 Å². The van der Waals surface area contributed by atoms with Gasteiger partial charge in [-0.25, -0.2) is 8.78 Å². The molecule has 0 fully saturated rings. The number of halogens is 2. The summed E-state index contributed by atoms with van der Waals surface area (Å²) in [6.07, 6.45) is 0. The van der Waals surface area contributed by atoms with Crippen LogP contribution in [-0.4, -0.2) is 13.7 Å². The van der Waals surface area contributed by atoms with Gasteiger partial charge in [0.2, 0.25) is 0 Å². The van der Waals surface area contributed by atoms with Gasteiger partial charge in [-0.1, -0.05) is 19.1 Å². The summed E-state index contributed by atoms with van der Waals surface area (Å²) in [6.45, 7) is 4.48. The number of nitrogens with one attached hydrogen (secondary N) is 1. The molecule has 0 aliphatic carbocycles. The van der Waals surface area contributed by atoms with Crippen LogP contribution in [-0.2, 0) is 0 Å². The van der Waals surface area contributed by atoms with Crippen LogP contribution in [0.5, 0.6) is 5.75 Å². The highest BCUT2D eigenvalue weighted by atomic mass is 19.1. The zero-order valence-electron chi connectivity index (χ0n) is 12.4. The molecule has 1 N–H and O–H groups in total. The predicted octanol–water partition coefficient (Wildman–Crippen LogP) is 3.98. The van der Waals surface area contributed by atoms with Crippen LogP contribution in [0.1, 0.15) is 29.7 Å². The first-order valence-corrected chi connectivity index (χ1v) is 6.89. The van der Waals surface area contributed by atoms with Gasteiger partial charge < -0.3 is 10.1 Å². The van der Waals surface area contributed by atoms with E-state index in [1.165, 1.54) is 25.3 Å². The van der Waals surface area contributed by atoms with Crippen LogP contribution in [0.4, 0.5) is 8.78 Å². The predicted molar refractivity (Wildman–Crippen MR) is 79.6 cm³/mol. The maximum Gasteiger partial charge on any atom is 0.165 e. The van der Waals surface area contributed by atoms with Crippen LogP contribution in [0.2, 0.25) is 0 Å². The van der Waals surface area contributed by atoms with Crippen LogP contribution in [0.3, 0.4) is 0 Å². The van der Waals surface area contributed by atoms with Crippen molar-refractivity contribution in [1.29, 1.82) is 0 Å². The van der Waals surface area contributed by atoms with Crippen molar-refractivity contribution < 1.29 is 13.5 Å². The normalized spacial score (nSPS) is 12.2. The highest BCUT2D eigenvalue weighted by Crippen LogP contribution is 2.27. The Morgan fingerprint density at radius 3 is 2.43 bits per heavy atom. The first kappa shape index (κ1) is 15.4. The van der Waals surface area contributed by atoms with Crippen LogP contribution >= 0.6 is 0 Å². The van der Waals surface area contributed by atoms with Gasteiger partial charge in [0.15, 0.2) is 11.6 Å². The Hall–Kier alpha value is -1.94. The summed E-state index contributed by atoms with van der Waals surface area (Å²) in [5.74, 6) is -0.516. The molecule has 21 heavy (non-hydrogen) atoms. The third kappa shape index (κ3) is 3.58. The van der Waals surface area contributed by atoms with E-state index in [0.717, 1.165) is 16.7 Å². The second-order valence-corrected chi connectivity index (χ2v) is 4.95. The Balaban J connectivity index is 2.45. The van der Waals surface area contributed by atoms with E-state index < -0.39 is 5.82 Å². The van der Waals surface area contributed by atoms with Crippen LogP contribution in [0.25, 0.3) is 0 Å².